The second-order valence-electron chi connectivity index (χ2n) is 2.75. The van der Waals surface area contributed by atoms with Crippen molar-refractivity contribution in [1.82, 2.24) is 9.97 Å². The maximum Gasteiger partial charge on any atom is 2.00 e. The Morgan fingerprint density at radius 3 is 2.44 bits per heavy atom. The molecule has 7 nitrogen and oxygen atoms in total. The van der Waals surface area contributed by atoms with Crippen LogP contribution in [0.15, 0.2) is 18.6 Å². The van der Waals surface area contributed by atoms with Gasteiger partial charge in [0.05, 0.1) is 30.0 Å². The summed E-state index contributed by atoms with van der Waals surface area (Å²) in [5, 5.41) is 19.5. The molecule has 0 aliphatic heterocycles. The van der Waals surface area contributed by atoms with Gasteiger partial charge in [-0.25, -0.2) is 4.98 Å². The quantitative estimate of drug-likeness (QED) is 0.310. The summed E-state index contributed by atoms with van der Waals surface area (Å²) in [5.74, 6) is -2.35. The zero-order valence-electron chi connectivity index (χ0n) is 9.41. The van der Waals surface area contributed by atoms with Crippen molar-refractivity contribution in [3.05, 3.63) is 24.3 Å². The van der Waals surface area contributed by atoms with Gasteiger partial charge in [-0.1, -0.05) is 0 Å². The van der Waals surface area contributed by atoms with Gasteiger partial charge in [-0.3, -0.25) is 0 Å². The standard InChI is InChI=1S/C6H6N2O2.C3H7NO2S.Zn/c9-6(10)2-1-5-3-7-4-8-5;4-2(1-7)3(5)6;/h1-4H,(H,7,8)(H,9,10);2,7H,1,4H2,(H,5,6);/q;;+2/p-2/t;2-;/m.0./s1. The Kier molecular flexibility index (Phi) is 11.7. The number of carboxylic acids is 2. The van der Waals surface area contributed by atoms with E-state index in [4.69, 9.17) is 5.73 Å². The maximum atomic E-state index is 9.86. The van der Waals surface area contributed by atoms with E-state index >= 15 is 0 Å². The number of carbonyl (C=O) groups is 2. The minimum absolute atomic E-state index is 0. The molecule has 3 N–H and O–H groups in total. The molecule has 0 unspecified atom stereocenters. The molecule has 0 radical (unpaired) electrons. The van der Waals surface area contributed by atoms with Crippen LogP contribution < -0.4 is 15.9 Å². The molecular formula is C9H11N3O4SZn. The van der Waals surface area contributed by atoms with Gasteiger partial charge in [0.1, 0.15) is 0 Å². The van der Waals surface area contributed by atoms with Crippen molar-refractivity contribution < 1.29 is 39.3 Å². The van der Waals surface area contributed by atoms with Gasteiger partial charge in [-0.05, 0) is 12.2 Å². The van der Waals surface area contributed by atoms with Gasteiger partial charge in [-0.15, -0.1) is 0 Å². The molecule has 0 aliphatic rings. The molecule has 0 saturated heterocycles. The van der Waals surface area contributed by atoms with E-state index in [0.29, 0.717) is 5.69 Å². The summed E-state index contributed by atoms with van der Waals surface area (Å²) in [5.41, 5.74) is 5.45. The Labute approximate surface area is 122 Å². The first-order valence-corrected chi connectivity index (χ1v) is 5.05. The fourth-order valence-electron chi connectivity index (χ4n) is 0.591. The van der Waals surface area contributed by atoms with Gasteiger partial charge in [0.15, 0.2) is 0 Å². The molecule has 0 aromatic carbocycles. The summed E-state index contributed by atoms with van der Waals surface area (Å²) >= 11 is 3.61. The molecule has 1 aromatic heterocycles. The van der Waals surface area contributed by atoms with E-state index in [1.807, 2.05) is 0 Å². The SMILES string of the molecule is N[C@@H](CS)C(=O)[O-].O=C([O-])C=Cc1c[nH]cn1.[Zn+2]. The molecule has 1 atom stereocenters. The Balaban J connectivity index is 0. The van der Waals surface area contributed by atoms with Gasteiger partial charge >= 0.3 is 19.5 Å². The van der Waals surface area contributed by atoms with Crippen LogP contribution in [0.1, 0.15) is 5.69 Å². The number of thiol groups is 1. The van der Waals surface area contributed by atoms with Crippen LogP contribution in [0.5, 0.6) is 0 Å². The minimum atomic E-state index is -1.25. The van der Waals surface area contributed by atoms with Gasteiger partial charge in [0.25, 0.3) is 0 Å². The fraction of sp³-hybridized carbons (Fsp3) is 0.222. The number of H-pyrrole nitrogens is 1. The van der Waals surface area contributed by atoms with E-state index in [-0.39, 0.29) is 25.2 Å². The number of carboxylic acid groups (broad SMARTS) is 2. The van der Waals surface area contributed by atoms with E-state index in [1.54, 1.807) is 6.20 Å². The molecule has 0 fully saturated rings. The zero-order valence-corrected chi connectivity index (χ0v) is 13.3. The third-order valence-electron chi connectivity index (χ3n) is 1.41. The smallest absolute Gasteiger partial charge is 0.548 e. The first-order valence-electron chi connectivity index (χ1n) is 4.42. The predicted molar refractivity (Wildman–Crippen MR) is 59.5 cm³/mol. The number of nitrogens with one attached hydrogen (secondary N) is 1. The van der Waals surface area contributed by atoms with E-state index in [9.17, 15) is 19.8 Å². The van der Waals surface area contributed by atoms with Crippen LogP contribution in [0.25, 0.3) is 6.08 Å². The first-order chi connectivity index (χ1) is 7.97. The van der Waals surface area contributed by atoms with Crippen LogP contribution in [0, 0.1) is 0 Å². The minimum Gasteiger partial charge on any atom is -0.548 e. The summed E-state index contributed by atoms with van der Waals surface area (Å²) < 4.78 is 0. The normalized spacial score (nSPS) is 11.0. The summed E-state index contributed by atoms with van der Waals surface area (Å²) in [6.07, 6.45) is 5.33. The average Bonchev–Trinajstić information content (AvgIpc) is 2.78. The van der Waals surface area contributed by atoms with Crippen LogP contribution in [0.4, 0.5) is 0 Å². The van der Waals surface area contributed by atoms with Crippen LogP contribution in [-0.4, -0.2) is 33.7 Å². The van der Waals surface area contributed by atoms with Gasteiger partial charge in [0.2, 0.25) is 0 Å². The van der Waals surface area contributed by atoms with Crippen LogP contribution >= 0.6 is 12.6 Å². The third kappa shape index (κ3) is 10.0. The topological polar surface area (TPSA) is 135 Å². The van der Waals surface area contributed by atoms with Gasteiger partial charge in [0, 0.05) is 11.9 Å². The number of aliphatic carboxylic acids is 2. The van der Waals surface area contributed by atoms with E-state index in [1.165, 1.54) is 12.4 Å². The number of nitrogens with two attached hydrogens (primary N) is 1. The van der Waals surface area contributed by atoms with Crippen molar-refractivity contribution in [2.24, 2.45) is 5.73 Å². The monoisotopic (exact) mass is 321 g/mol. The number of rotatable bonds is 4. The van der Waals surface area contributed by atoms with Crippen LogP contribution in [0.3, 0.4) is 0 Å². The van der Waals surface area contributed by atoms with Crippen molar-refractivity contribution in [2.75, 3.05) is 5.75 Å². The molecular weight excluding hydrogens is 312 g/mol. The van der Waals surface area contributed by atoms with E-state index in [0.717, 1.165) is 6.08 Å². The molecule has 1 aromatic rings. The Morgan fingerprint density at radius 1 is 1.56 bits per heavy atom. The molecule has 0 saturated carbocycles. The fourth-order valence-corrected chi connectivity index (χ4v) is 0.740. The molecule has 0 amide bonds. The molecule has 1 rings (SSSR count). The Bertz CT molecular complexity index is 383. The Morgan fingerprint density at radius 2 is 2.17 bits per heavy atom. The number of hydrogen-bond acceptors (Lipinski definition) is 7. The van der Waals surface area contributed by atoms with Crippen molar-refractivity contribution in [3.8, 4) is 0 Å². The van der Waals surface area contributed by atoms with Crippen LogP contribution in [-0.2, 0) is 29.1 Å². The molecule has 0 spiro atoms. The molecule has 0 aliphatic carbocycles. The van der Waals surface area contributed by atoms with Crippen molar-refractivity contribution >= 4 is 30.6 Å². The third-order valence-corrected chi connectivity index (χ3v) is 1.80. The van der Waals surface area contributed by atoms with Crippen LogP contribution in [0.2, 0.25) is 0 Å². The summed E-state index contributed by atoms with van der Waals surface area (Å²) in [6, 6.07) is -0.927. The number of aromatic nitrogens is 2. The summed E-state index contributed by atoms with van der Waals surface area (Å²) in [4.78, 5) is 25.9. The number of aromatic amines is 1. The number of carbonyl (C=O) groups excluding carboxylic acids is 2. The first kappa shape index (κ1) is 19.2. The average molecular weight is 323 g/mol. The van der Waals surface area contributed by atoms with Crippen molar-refractivity contribution in [2.45, 2.75) is 6.04 Å². The van der Waals surface area contributed by atoms with Crippen molar-refractivity contribution in [1.29, 1.82) is 0 Å². The largest absolute Gasteiger partial charge is 2.00 e. The van der Waals surface area contributed by atoms with E-state index < -0.39 is 18.0 Å². The molecule has 1 heterocycles. The zero-order chi connectivity index (χ0) is 13.3. The van der Waals surface area contributed by atoms with E-state index in [2.05, 4.69) is 22.6 Å². The maximum absolute atomic E-state index is 9.86. The number of imidazole rings is 1. The second kappa shape index (κ2) is 10.9. The molecule has 0 bridgehead atoms. The second-order valence-corrected chi connectivity index (χ2v) is 3.12. The number of nitrogens with zero attached hydrogens (tertiary/aromatic N) is 1. The summed E-state index contributed by atoms with van der Waals surface area (Å²) in [7, 11) is 0. The Hall–Kier alpha value is -1.18. The number of hydrogen-bond donors (Lipinski definition) is 3. The van der Waals surface area contributed by atoms with Gasteiger partial charge in [-0.2, -0.15) is 12.6 Å². The summed E-state index contributed by atoms with van der Waals surface area (Å²) in [6.45, 7) is 0. The molecule has 94 valence electrons. The molecule has 9 heteroatoms. The molecule has 18 heavy (non-hydrogen) atoms. The van der Waals surface area contributed by atoms with Crippen molar-refractivity contribution in [3.63, 3.8) is 0 Å². The van der Waals surface area contributed by atoms with Gasteiger partial charge < -0.3 is 30.5 Å². The predicted octanol–water partition coefficient (Wildman–Crippen LogP) is -2.84.